The summed E-state index contributed by atoms with van der Waals surface area (Å²) in [5.41, 5.74) is 2.89. The molecule has 1 saturated heterocycles. The third kappa shape index (κ3) is 3.43. The number of rotatable bonds is 4. The van der Waals surface area contributed by atoms with Crippen LogP contribution >= 0.6 is 11.3 Å². The summed E-state index contributed by atoms with van der Waals surface area (Å²) in [7, 11) is -3.72. The van der Waals surface area contributed by atoms with Crippen LogP contribution in [0.25, 0.3) is 10.2 Å². The van der Waals surface area contributed by atoms with E-state index in [1.54, 1.807) is 24.3 Å². The van der Waals surface area contributed by atoms with Crippen molar-refractivity contribution >= 4 is 42.6 Å². The Balaban J connectivity index is 1.57. The number of hydrogen-bond acceptors (Lipinski definition) is 5. The molecule has 6 nitrogen and oxygen atoms in total. The van der Waals surface area contributed by atoms with Gasteiger partial charge in [-0.15, -0.1) is 0 Å². The lowest BCUT2D eigenvalue weighted by Crippen LogP contribution is -2.43. The van der Waals surface area contributed by atoms with E-state index in [0.717, 1.165) is 21.3 Å². The molecule has 1 fully saturated rings. The molecule has 2 heterocycles. The summed E-state index contributed by atoms with van der Waals surface area (Å²) < 4.78 is 28.4. The number of sulfonamides is 1. The number of aryl methyl sites for hydroxylation is 2. The molecule has 0 bridgehead atoms. The summed E-state index contributed by atoms with van der Waals surface area (Å²) in [6.07, 6.45) is 1.16. The summed E-state index contributed by atoms with van der Waals surface area (Å²) >= 11 is 1.39. The second kappa shape index (κ2) is 7.27. The number of nitrogens with zero attached hydrogens (tertiary/aromatic N) is 2. The van der Waals surface area contributed by atoms with E-state index in [2.05, 4.69) is 10.3 Å². The van der Waals surface area contributed by atoms with Crippen molar-refractivity contribution < 1.29 is 13.2 Å². The van der Waals surface area contributed by atoms with Gasteiger partial charge in [0.1, 0.15) is 6.04 Å². The Hall–Kier alpha value is -2.29. The molecule has 0 radical (unpaired) electrons. The van der Waals surface area contributed by atoms with Crippen LogP contribution in [0.3, 0.4) is 0 Å². The third-order valence-electron chi connectivity index (χ3n) is 4.98. The Bertz CT molecular complexity index is 1140. The lowest BCUT2D eigenvalue weighted by atomic mass is 10.2. The van der Waals surface area contributed by atoms with Crippen LogP contribution in [0.2, 0.25) is 0 Å². The van der Waals surface area contributed by atoms with E-state index in [4.69, 9.17) is 0 Å². The minimum atomic E-state index is -3.72. The third-order valence-corrected chi connectivity index (χ3v) is 7.84. The quantitative estimate of drug-likeness (QED) is 0.705. The van der Waals surface area contributed by atoms with Gasteiger partial charge in [0.25, 0.3) is 0 Å². The fourth-order valence-electron chi connectivity index (χ4n) is 3.46. The molecule has 1 aliphatic rings. The van der Waals surface area contributed by atoms with Gasteiger partial charge in [0.05, 0.1) is 15.1 Å². The van der Waals surface area contributed by atoms with Gasteiger partial charge >= 0.3 is 0 Å². The minimum absolute atomic E-state index is 0.216. The van der Waals surface area contributed by atoms with Crippen molar-refractivity contribution in [1.29, 1.82) is 0 Å². The molecule has 8 heteroatoms. The minimum Gasteiger partial charge on any atom is -0.301 e. The molecule has 0 saturated carbocycles. The van der Waals surface area contributed by atoms with Gasteiger partial charge in [0, 0.05) is 6.54 Å². The molecule has 28 heavy (non-hydrogen) atoms. The highest BCUT2D eigenvalue weighted by Crippen LogP contribution is 2.30. The van der Waals surface area contributed by atoms with Gasteiger partial charge in [-0.3, -0.25) is 4.79 Å². The van der Waals surface area contributed by atoms with Crippen molar-refractivity contribution in [1.82, 2.24) is 9.29 Å². The maximum absolute atomic E-state index is 13.0. The molecule has 4 rings (SSSR count). The van der Waals surface area contributed by atoms with Gasteiger partial charge in [-0.1, -0.05) is 41.2 Å². The van der Waals surface area contributed by atoms with Crippen LogP contribution in [0.5, 0.6) is 0 Å². The zero-order chi connectivity index (χ0) is 19.9. The fraction of sp³-hybridized carbons (Fsp3) is 0.300. The summed E-state index contributed by atoms with van der Waals surface area (Å²) in [4.78, 5) is 17.6. The van der Waals surface area contributed by atoms with Gasteiger partial charge in [-0.05, 0) is 50.5 Å². The van der Waals surface area contributed by atoms with Crippen molar-refractivity contribution in [3.05, 3.63) is 53.6 Å². The highest BCUT2D eigenvalue weighted by Gasteiger charge is 2.39. The number of nitrogens with one attached hydrogen (secondary N) is 1. The normalized spacial score (nSPS) is 17.9. The monoisotopic (exact) mass is 415 g/mol. The molecule has 0 spiro atoms. The molecule has 1 aromatic heterocycles. The molecule has 0 unspecified atom stereocenters. The topological polar surface area (TPSA) is 79.4 Å². The molecule has 0 aliphatic carbocycles. The molecular formula is C20H21N3O3S2. The van der Waals surface area contributed by atoms with Crippen molar-refractivity contribution in [2.45, 2.75) is 37.6 Å². The van der Waals surface area contributed by atoms with E-state index in [9.17, 15) is 13.2 Å². The van der Waals surface area contributed by atoms with Gasteiger partial charge < -0.3 is 5.32 Å². The predicted molar refractivity (Wildman–Crippen MR) is 111 cm³/mol. The lowest BCUT2D eigenvalue weighted by molar-refractivity contribution is -0.119. The number of carbonyl (C=O) groups is 1. The van der Waals surface area contributed by atoms with Crippen molar-refractivity contribution in [3.8, 4) is 0 Å². The first kappa shape index (κ1) is 19.0. The van der Waals surface area contributed by atoms with Gasteiger partial charge in [-0.2, -0.15) is 4.31 Å². The van der Waals surface area contributed by atoms with E-state index < -0.39 is 16.1 Å². The smallest absolute Gasteiger partial charge is 0.244 e. The van der Waals surface area contributed by atoms with Gasteiger partial charge in [0.15, 0.2) is 5.13 Å². The largest absolute Gasteiger partial charge is 0.301 e. The average molecular weight is 416 g/mol. The van der Waals surface area contributed by atoms with Crippen LogP contribution in [0.1, 0.15) is 24.0 Å². The van der Waals surface area contributed by atoms with Gasteiger partial charge in [0.2, 0.25) is 15.9 Å². The molecule has 1 aliphatic heterocycles. The number of para-hydroxylation sites is 1. The van der Waals surface area contributed by atoms with E-state index in [1.807, 2.05) is 32.0 Å². The Morgan fingerprint density at radius 3 is 2.64 bits per heavy atom. The Kier molecular flexibility index (Phi) is 4.95. The highest BCUT2D eigenvalue weighted by atomic mass is 32.2. The number of benzene rings is 2. The predicted octanol–water partition coefficient (Wildman–Crippen LogP) is 3.70. The first-order valence-electron chi connectivity index (χ1n) is 9.12. The summed E-state index contributed by atoms with van der Waals surface area (Å²) in [6, 6.07) is 11.9. The van der Waals surface area contributed by atoms with E-state index in [-0.39, 0.29) is 10.8 Å². The Morgan fingerprint density at radius 2 is 1.93 bits per heavy atom. The number of amides is 1. The summed E-state index contributed by atoms with van der Waals surface area (Å²) in [5.74, 6) is -0.329. The first-order valence-corrected chi connectivity index (χ1v) is 11.4. The fourth-order valence-corrected chi connectivity index (χ4v) is 6.07. The van der Waals surface area contributed by atoms with Crippen LogP contribution in [-0.4, -0.2) is 36.2 Å². The average Bonchev–Trinajstić information content (AvgIpc) is 3.30. The van der Waals surface area contributed by atoms with E-state index >= 15 is 0 Å². The number of carbonyl (C=O) groups excluding carboxylic acids is 1. The second-order valence-electron chi connectivity index (χ2n) is 7.02. The summed E-state index contributed by atoms with van der Waals surface area (Å²) in [6.45, 7) is 4.22. The van der Waals surface area contributed by atoms with Crippen LogP contribution in [0.15, 0.2) is 47.4 Å². The first-order chi connectivity index (χ1) is 13.4. The second-order valence-corrected chi connectivity index (χ2v) is 9.94. The molecule has 2 aromatic carbocycles. The van der Waals surface area contributed by atoms with Crippen LogP contribution in [0.4, 0.5) is 5.13 Å². The summed E-state index contributed by atoms with van der Waals surface area (Å²) in [5, 5.41) is 3.32. The van der Waals surface area contributed by atoms with Crippen LogP contribution < -0.4 is 5.32 Å². The van der Waals surface area contributed by atoms with Crippen molar-refractivity contribution in [3.63, 3.8) is 0 Å². The standard InChI is InChI=1S/C20H21N3O3S2/c1-13-8-10-15(11-9-13)28(25,26)23-12-4-6-16(23)19(24)22-20-21-18-14(2)5-3-7-17(18)27-20/h3,5,7-11,16H,4,6,12H2,1-2H3,(H,21,22,24)/t16-/m0/s1. The highest BCUT2D eigenvalue weighted by molar-refractivity contribution is 7.89. The number of anilines is 1. The zero-order valence-corrected chi connectivity index (χ0v) is 17.3. The van der Waals surface area contributed by atoms with E-state index in [1.165, 1.54) is 15.6 Å². The number of hydrogen-bond donors (Lipinski definition) is 1. The molecule has 146 valence electrons. The van der Waals surface area contributed by atoms with Crippen LogP contribution in [0, 0.1) is 13.8 Å². The molecular weight excluding hydrogens is 394 g/mol. The molecule has 1 N–H and O–H groups in total. The SMILES string of the molecule is Cc1ccc(S(=O)(=O)N2CCC[C@H]2C(=O)Nc2nc3c(C)cccc3s2)cc1. The molecule has 3 aromatic rings. The zero-order valence-electron chi connectivity index (χ0n) is 15.7. The Labute approximate surface area is 168 Å². The van der Waals surface area contributed by atoms with Crippen LogP contribution in [-0.2, 0) is 14.8 Å². The molecule has 1 atom stereocenters. The number of aromatic nitrogens is 1. The number of thiazole rings is 1. The number of fused-ring (bicyclic) bond motifs is 1. The van der Waals surface area contributed by atoms with E-state index in [0.29, 0.717) is 24.5 Å². The maximum atomic E-state index is 13.0. The molecule has 1 amide bonds. The maximum Gasteiger partial charge on any atom is 0.244 e. The van der Waals surface area contributed by atoms with Gasteiger partial charge in [-0.25, -0.2) is 13.4 Å². The van der Waals surface area contributed by atoms with Crippen molar-refractivity contribution in [2.75, 3.05) is 11.9 Å². The Morgan fingerprint density at radius 1 is 1.18 bits per heavy atom. The van der Waals surface area contributed by atoms with Crippen molar-refractivity contribution in [2.24, 2.45) is 0 Å². The lowest BCUT2D eigenvalue weighted by Gasteiger charge is -2.23.